The fourth-order valence-electron chi connectivity index (χ4n) is 2.22. The molecule has 0 heterocycles. The molecule has 0 atom stereocenters. The molecule has 0 saturated heterocycles. The number of benzene rings is 3. The zero-order chi connectivity index (χ0) is 16.9. The topological polar surface area (TPSA) is 41.5 Å². The number of phenolic OH excluding ortho intramolecular Hbond substituents is 1. The van der Waals surface area contributed by atoms with Crippen LogP contribution in [-0.4, -0.2) is 5.11 Å². The molecule has 0 saturated carbocycles. The molecule has 3 aromatic rings. The summed E-state index contributed by atoms with van der Waals surface area (Å²) in [6.07, 6.45) is 0. The van der Waals surface area contributed by atoms with Gasteiger partial charge in [-0.1, -0.05) is 34.1 Å². The van der Waals surface area contributed by atoms with Crippen molar-refractivity contribution in [3.63, 3.8) is 0 Å². The highest BCUT2D eigenvalue weighted by molar-refractivity contribution is 9.11. The molecule has 5 heteroatoms. The number of para-hydroxylation sites is 1. The van der Waals surface area contributed by atoms with Crippen molar-refractivity contribution in [1.29, 1.82) is 0 Å². The van der Waals surface area contributed by atoms with Gasteiger partial charge in [0.05, 0.1) is 4.47 Å². The van der Waals surface area contributed by atoms with Crippen LogP contribution in [0.3, 0.4) is 0 Å². The molecule has 0 fully saturated rings. The lowest BCUT2D eigenvalue weighted by Gasteiger charge is -2.11. The summed E-state index contributed by atoms with van der Waals surface area (Å²) >= 11 is 6.77. The molecule has 0 aliphatic heterocycles. The lowest BCUT2D eigenvalue weighted by atomic mass is 10.2. The molecule has 0 aliphatic carbocycles. The molecule has 122 valence electrons. The molecular formula is C19H15Br2NO2. The first kappa shape index (κ1) is 16.9. The van der Waals surface area contributed by atoms with E-state index in [1.165, 1.54) is 0 Å². The van der Waals surface area contributed by atoms with Crippen molar-refractivity contribution in [3.8, 4) is 17.2 Å². The zero-order valence-electron chi connectivity index (χ0n) is 12.7. The largest absolute Gasteiger partial charge is 0.506 e. The number of halogens is 2. The van der Waals surface area contributed by atoms with E-state index in [-0.39, 0.29) is 5.75 Å². The quantitative estimate of drug-likeness (QED) is 0.479. The number of anilines is 1. The number of nitrogens with one attached hydrogen (secondary N) is 1. The zero-order valence-corrected chi connectivity index (χ0v) is 15.8. The molecule has 3 rings (SSSR count). The van der Waals surface area contributed by atoms with Crippen molar-refractivity contribution in [2.75, 3.05) is 5.32 Å². The van der Waals surface area contributed by atoms with Gasteiger partial charge in [0.25, 0.3) is 0 Å². The summed E-state index contributed by atoms with van der Waals surface area (Å²) in [6.45, 7) is 0.517. The van der Waals surface area contributed by atoms with E-state index >= 15 is 0 Å². The van der Waals surface area contributed by atoms with Crippen LogP contribution in [-0.2, 0) is 6.54 Å². The Balaban J connectivity index is 1.65. The van der Waals surface area contributed by atoms with Gasteiger partial charge in [0, 0.05) is 22.3 Å². The minimum atomic E-state index is 0.245. The van der Waals surface area contributed by atoms with E-state index in [2.05, 4.69) is 37.2 Å². The summed E-state index contributed by atoms with van der Waals surface area (Å²) in [5.41, 5.74) is 1.76. The number of phenols is 1. The maximum Gasteiger partial charge on any atom is 0.134 e. The Labute approximate surface area is 157 Å². The minimum absolute atomic E-state index is 0.245. The number of rotatable bonds is 5. The van der Waals surface area contributed by atoms with Gasteiger partial charge in [0.15, 0.2) is 0 Å². The van der Waals surface area contributed by atoms with Gasteiger partial charge < -0.3 is 15.2 Å². The highest BCUT2D eigenvalue weighted by atomic mass is 79.9. The molecule has 0 aromatic heterocycles. The van der Waals surface area contributed by atoms with Crippen LogP contribution < -0.4 is 10.1 Å². The molecule has 0 unspecified atom stereocenters. The Morgan fingerprint density at radius 3 is 2.25 bits per heavy atom. The normalized spacial score (nSPS) is 10.4. The van der Waals surface area contributed by atoms with Crippen LogP contribution in [0.5, 0.6) is 17.2 Å². The van der Waals surface area contributed by atoms with Gasteiger partial charge >= 0.3 is 0 Å². The van der Waals surface area contributed by atoms with Crippen LogP contribution in [0.15, 0.2) is 75.7 Å². The van der Waals surface area contributed by atoms with Crippen LogP contribution in [0.2, 0.25) is 0 Å². The summed E-state index contributed by atoms with van der Waals surface area (Å²) in [5.74, 6) is 1.83. The van der Waals surface area contributed by atoms with Crippen LogP contribution in [0.1, 0.15) is 5.56 Å². The Morgan fingerprint density at radius 1 is 0.875 bits per heavy atom. The number of hydrogen-bond donors (Lipinski definition) is 2. The van der Waals surface area contributed by atoms with Crippen molar-refractivity contribution >= 4 is 37.5 Å². The number of hydrogen-bond acceptors (Lipinski definition) is 3. The third kappa shape index (κ3) is 4.30. The third-order valence-electron chi connectivity index (χ3n) is 3.42. The summed E-state index contributed by atoms with van der Waals surface area (Å²) in [4.78, 5) is 0. The van der Waals surface area contributed by atoms with Gasteiger partial charge in [0.1, 0.15) is 17.2 Å². The summed E-state index contributed by atoms with van der Waals surface area (Å²) in [5, 5.41) is 13.4. The second kappa shape index (κ2) is 7.73. The fourth-order valence-corrected chi connectivity index (χ4v) is 3.53. The van der Waals surface area contributed by atoms with E-state index in [1.54, 1.807) is 0 Å². The molecule has 24 heavy (non-hydrogen) atoms. The SMILES string of the molecule is Oc1c(Br)cc(Br)cc1CNc1ccc(Oc2ccccc2)cc1. The first-order valence-corrected chi connectivity index (χ1v) is 8.94. The molecule has 0 aliphatic rings. The minimum Gasteiger partial charge on any atom is -0.506 e. The van der Waals surface area contributed by atoms with E-state index < -0.39 is 0 Å². The summed E-state index contributed by atoms with van der Waals surface area (Å²) in [6, 6.07) is 21.1. The van der Waals surface area contributed by atoms with E-state index in [0.29, 0.717) is 11.0 Å². The Bertz CT molecular complexity index is 821. The van der Waals surface area contributed by atoms with Crippen molar-refractivity contribution < 1.29 is 9.84 Å². The molecule has 0 spiro atoms. The monoisotopic (exact) mass is 447 g/mol. The molecule has 2 N–H and O–H groups in total. The second-order valence-corrected chi connectivity index (χ2v) is 6.96. The van der Waals surface area contributed by atoms with Crippen LogP contribution in [0.4, 0.5) is 5.69 Å². The van der Waals surface area contributed by atoms with Gasteiger partial charge in [-0.15, -0.1) is 0 Å². The highest BCUT2D eigenvalue weighted by Gasteiger charge is 2.07. The van der Waals surface area contributed by atoms with Crippen molar-refractivity contribution in [2.45, 2.75) is 6.54 Å². The highest BCUT2D eigenvalue weighted by Crippen LogP contribution is 2.32. The average Bonchev–Trinajstić information content (AvgIpc) is 2.59. The van der Waals surface area contributed by atoms with Gasteiger partial charge in [-0.05, 0) is 64.5 Å². The Kier molecular flexibility index (Phi) is 5.43. The lowest BCUT2D eigenvalue weighted by molar-refractivity contribution is 0.465. The van der Waals surface area contributed by atoms with Gasteiger partial charge in [-0.25, -0.2) is 0 Å². The van der Waals surface area contributed by atoms with Crippen LogP contribution in [0.25, 0.3) is 0 Å². The second-order valence-electron chi connectivity index (χ2n) is 5.19. The fraction of sp³-hybridized carbons (Fsp3) is 0.0526. The van der Waals surface area contributed by atoms with E-state index in [4.69, 9.17) is 4.74 Å². The average molecular weight is 449 g/mol. The Hall–Kier alpha value is -1.98. The Morgan fingerprint density at radius 2 is 1.54 bits per heavy atom. The van der Waals surface area contributed by atoms with Gasteiger partial charge in [0.2, 0.25) is 0 Å². The van der Waals surface area contributed by atoms with E-state index in [9.17, 15) is 5.11 Å². The number of ether oxygens (including phenoxy) is 1. The molecule has 3 nitrogen and oxygen atoms in total. The van der Waals surface area contributed by atoms with Crippen molar-refractivity contribution in [1.82, 2.24) is 0 Å². The number of aromatic hydroxyl groups is 1. The molecule has 0 radical (unpaired) electrons. The third-order valence-corrected chi connectivity index (χ3v) is 4.49. The van der Waals surface area contributed by atoms with Crippen molar-refractivity contribution in [2.24, 2.45) is 0 Å². The van der Waals surface area contributed by atoms with E-state index in [1.807, 2.05) is 66.7 Å². The predicted molar refractivity (Wildman–Crippen MR) is 104 cm³/mol. The van der Waals surface area contributed by atoms with Gasteiger partial charge in [-0.3, -0.25) is 0 Å². The maximum atomic E-state index is 10.1. The molecule has 0 amide bonds. The van der Waals surface area contributed by atoms with Gasteiger partial charge in [-0.2, -0.15) is 0 Å². The first-order valence-electron chi connectivity index (χ1n) is 7.35. The lowest BCUT2D eigenvalue weighted by Crippen LogP contribution is -2.00. The van der Waals surface area contributed by atoms with E-state index in [0.717, 1.165) is 27.2 Å². The summed E-state index contributed by atoms with van der Waals surface area (Å²) in [7, 11) is 0. The molecule has 3 aromatic carbocycles. The maximum absolute atomic E-state index is 10.1. The predicted octanol–water partition coefficient (Wildman–Crippen LogP) is 6.32. The molecule has 0 bridgehead atoms. The summed E-state index contributed by atoms with van der Waals surface area (Å²) < 4.78 is 7.35. The van der Waals surface area contributed by atoms with Crippen LogP contribution >= 0.6 is 31.9 Å². The first-order chi connectivity index (χ1) is 11.6. The van der Waals surface area contributed by atoms with Crippen LogP contribution in [0, 0.1) is 0 Å². The van der Waals surface area contributed by atoms with Crippen molar-refractivity contribution in [3.05, 3.63) is 81.2 Å². The molecular weight excluding hydrogens is 434 g/mol. The standard InChI is InChI=1S/C19H15Br2NO2/c20-14-10-13(19(23)18(21)11-14)12-22-15-6-8-17(9-7-15)24-16-4-2-1-3-5-16/h1-11,22-23H,12H2. The smallest absolute Gasteiger partial charge is 0.134 e.